The number of nitrogens with zero attached hydrogens (tertiary/aromatic N) is 1. The van der Waals surface area contributed by atoms with E-state index in [1.54, 1.807) is 12.1 Å². The van der Waals surface area contributed by atoms with Crippen molar-refractivity contribution in [2.75, 3.05) is 20.2 Å². The van der Waals surface area contributed by atoms with Gasteiger partial charge in [0.2, 0.25) is 10.0 Å². The van der Waals surface area contributed by atoms with Crippen LogP contribution in [0.25, 0.3) is 0 Å². The standard InChI is InChI=1S/C13H22N2O3S/c1-11(15(2)8-3-4-9-16)12-6-5-7-13(10-12)19(14,17)18/h5-7,10-11,16H,3-4,8-9H2,1-2H3,(H2,14,17,18). The highest BCUT2D eigenvalue weighted by atomic mass is 32.2. The lowest BCUT2D eigenvalue weighted by molar-refractivity contribution is 0.233. The van der Waals surface area contributed by atoms with Gasteiger partial charge in [-0.1, -0.05) is 12.1 Å². The van der Waals surface area contributed by atoms with E-state index in [1.807, 2.05) is 20.0 Å². The molecule has 1 rings (SSSR count). The average molecular weight is 286 g/mol. The molecule has 1 aromatic carbocycles. The largest absolute Gasteiger partial charge is 0.396 e. The summed E-state index contributed by atoms with van der Waals surface area (Å²) in [6, 6.07) is 6.80. The van der Waals surface area contributed by atoms with Crippen LogP contribution in [0, 0.1) is 0 Å². The van der Waals surface area contributed by atoms with Gasteiger partial charge < -0.3 is 5.11 Å². The first-order valence-corrected chi connectivity index (χ1v) is 7.84. The summed E-state index contributed by atoms with van der Waals surface area (Å²) in [6.07, 6.45) is 1.68. The Labute approximate surface area is 115 Å². The quantitative estimate of drug-likeness (QED) is 0.735. The van der Waals surface area contributed by atoms with Gasteiger partial charge in [0.15, 0.2) is 0 Å². The first-order valence-electron chi connectivity index (χ1n) is 6.30. The first-order chi connectivity index (χ1) is 8.86. The summed E-state index contributed by atoms with van der Waals surface area (Å²) in [4.78, 5) is 2.26. The van der Waals surface area contributed by atoms with Crippen LogP contribution in [0.5, 0.6) is 0 Å². The lowest BCUT2D eigenvalue weighted by atomic mass is 10.1. The van der Waals surface area contributed by atoms with E-state index in [2.05, 4.69) is 4.90 Å². The third kappa shape index (κ3) is 4.91. The van der Waals surface area contributed by atoms with Crippen molar-refractivity contribution >= 4 is 10.0 Å². The number of rotatable bonds is 7. The summed E-state index contributed by atoms with van der Waals surface area (Å²) >= 11 is 0. The number of nitrogens with two attached hydrogens (primary N) is 1. The summed E-state index contributed by atoms with van der Waals surface area (Å²) in [6.45, 7) is 3.06. The monoisotopic (exact) mass is 286 g/mol. The Morgan fingerprint density at radius 1 is 1.37 bits per heavy atom. The van der Waals surface area contributed by atoms with Gasteiger partial charge in [-0.3, -0.25) is 4.90 Å². The number of primary sulfonamides is 1. The third-order valence-electron chi connectivity index (χ3n) is 3.25. The maximum absolute atomic E-state index is 11.3. The molecule has 0 aromatic heterocycles. The second-order valence-corrected chi connectivity index (χ2v) is 6.27. The smallest absolute Gasteiger partial charge is 0.238 e. The molecule has 1 atom stereocenters. The Morgan fingerprint density at radius 2 is 2.05 bits per heavy atom. The van der Waals surface area contributed by atoms with Gasteiger partial charge in [-0.2, -0.15) is 0 Å². The van der Waals surface area contributed by atoms with Gasteiger partial charge in [-0.05, 0) is 51.1 Å². The molecule has 0 aliphatic rings. The zero-order valence-corrected chi connectivity index (χ0v) is 12.2. The van der Waals surface area contributed by atoms with Crippen LogP contribution in [0.3, 0.4) is 0 Å². The van der Waals surface area contributed by atoms with E-state index in [1.165, 1.54) is 6.07 Å². The Balaban J connectivity index is 2.79. The van der Waals surface area contributed by atoms with Crippen molar-refractivity contribution in [2.24, 2.45) is 5.14 Å². The number of hydrogen-bond acceptors (Lipinski definition) is 4. The molecule has 0 spiro atoms. The van der Waals surface area contributed by atoms with Crippen LogP contribution in [-0.2, 0) is 10.0 Å². The lowest BCUT2D eigenvalue weighted by Gasteiger charge is -2.25. The molecule has 0 saturated carbocycles. The molecule has 3 N–H and O–H groups in total. The van der Waals surface area contributed by atoms with Crippen LogP contribution in [0.15, 0.2) is 29.2 Å². The van der Waals surface area contributed by atoms with Gasteiger partial charge in [0.1, 0.15) is 0 Å². The fourth-order valence-electron chi connectivity index (χ4n) is 1.87. The molecule has 6 heteroatoms. The molecule has 0 fully saturated rings. The van der Waals surface area contributed by atoms with E-state index < -0.39 is 10.0 Å². The van der Waals surface area contributed by atoms with Gasteiger partial charge in [0.25, 0.3) is 0 Å². The van der Waals surface area contributed by atoms with Crippen LogP contribution in [0.1, 0.15) is 31.4 Å². The summed E-state index contributed by atoms with van der Waals surface area (Å²) in [7, 11) is -1.68. The van der Waals surface area contributed by atoms with Crippen molar-refractivity contribution < 1.29 is 13.5 Å². The van der Waals surface area contributed by atoms with Crippen LogP contribution in [0.4, 0.5) is 0 Å². The minimum absolute atomic E-state index is 0.0976. The fourth-order valence-corrected chi connectivity index (χ4v) is 2.44. The molecule has 0 heterocycles. The maximum atomic E-state index is 11.3. The summed E-state index contributed by atoms with van der Waals surface area (Å²) in [5.41, 5.74) is 0.915. The van der Waals surface area contributed by atoms with Gasteiger partial charge in [-0.25, -0.2) is 13.6 Å². The Kier molecular flexibility index (Phi) is 5.93. The minimum Gasteiger partial charge on any atom is -0.396 e. The van der Waals surface area contributed by atoms with Gasteiger partial charge in [0, 0.05) is 12.6 Å². The SMILES string of the molecule is CC(c1cccc(S(N)(=O)=O)c1)N(C)CCCCO. The summed E-state index contributed by atoms with van der Waals surface area (Å²) in [5.74, 6) is 0. The molecule has 108 valence electrons. The summed E-state index contributed by atoms with van der Waals surface area (Å²) < 4.78 is 22.6. The highest BCUT2D eigenvalue weighted by Gasteiger charge is 2.14. The molecule has 0 aliphatic heterocycles. The number of benzene rings is 1. The van der Waals surface area contributed by atoms with Crippen molar-refractivity contribution in [3.8, 4) is 0 Å². The average Bonchev–Trinajstić information content (AvgIpc) is 2.37. The zero-order chi connectivity index (χ0) is 14.5. The molecule has 0 amide bonds. The van der Waals surface area contributed by atoms with E-state index in [0.29, 0.717) is 0 Å². The molecule has 0 radical (unpaired) electrons. The van der Waals surface area contributed by atoms with E-state index >= 15 is 0 Å². The molecule has 0 saturated heterocycles. The predicted molar refractivity (Wildman–Crippen MR) is 75.2 cm³/mol. The molecule has 0 bridgehead atoms. The van der Waals surface area contributed by atoms with Crippen molar-refractivity contribution in [3.63, 3.8) is 0 Å². The van der Waals surface area contributed by atoms with Gasteiger partial charge >= 0.3 is 0 Å². The van der Waals surface area contributed by atoms with Crippen LogP contribution < -0.4 is 5.14 Å². The van der Waals surface area contributed by atoms with E-state index in [-0.39, 0.29) is 17.5 Å². The lowest BCUT2D eigenvalue weighted by Crippen LogP contribution is -2.24. The minimum atomic E-state index is -3.66. The molecular formula is C13H22N2O3S. The molecule has 19 heavy (non-hydrogen) atoms. The van der Waals surface area contributed by atoms with Gasteiger partial charge in [0.05, 0.1) is 4.90 Å². The van der Waals surface area contributed by atoms with Gasteiger partial charge in [-0.15, -0.1) is 0 Å². The highest BCUT2D eigenvalue weighted by molar-refractivity contribution is 7.89. The Hall–Kier alpha value is -0.950. The molecule has 0 aliphatic carbocycles. The number of unbranched alkanes of at least 4 members (excludes halogenated alkanes) is 1. The van der Waals surface area contributed by atoms with E-state index in [9.17, 15) is 8.42 Å². The fraction of sp³-hybridized carbons (Fsp3) is 0.538. The normalized spacial score (nSPS) is 13.7. The molecular weight excluding hydrogens is 264 g/mol. The second-order valence-electron chi connectivity index (χ2n) is 4.70. The van der Waals surface area contributed by atoms with E-state index in [0.717, 1.165) is 24.9 Å². The molecule has 5 nitrogen and oxygen atoms in total. The zero-order valence-electron chi connectivity index (χ0n) is 11.4. The molecule has 1 unspecified atom stereocenters. The van der Waals surface area contributed by atoms with Crippen molar-refractivity contribution in [3.05, 3.63) is 29.8 Å². The maximum Gasteiger partial charge on any atom is 0.238 e. The first kappa shape index (κ1) is 16.1. The van der Waals surface area contributed by atoms with Crippen LogP contribution in [-0.4, -0.2) is 38.6 Å². The van der Waals surface area contributed by atoms with Crippen molar-refractivity contribution in [1.82, 2.24) is 4.90 Å². The Bertz CT molecular complexity index is 502. The number of sulfonamides is 1. The highest BCUT2D eigenvalue weighted by Crippen LogP contribution is 2.21. The van der Waals surface area contributed by atoms with Crippen molar-refractivity contribution in [2.45, 2.75) is 30.7 Å². The third-order valence-corrected chi connectivity index (χ3v) is 4.16. The number of aliphatic hydroxyl groups is 1. The predicted octanol–water partition coefficient (Wildman–Crippen LogP) is 1.10. The topological polar surface area (TPSA) is 83.6 Å². The Morgan fingerprint density at radius 3 is 2.63 bits per heavy atom. The van der Waals surface area contributed by atoms with Crippen LogP contribution >= 0.6 is 0 Å². The van der Waals surface area contributed by atoms with E-state index in [4.69, 9.17) is 10.2 Å². The second kappa shape index (κ2) is 7.00. The number of aliphatic hydroxyl groups excluding tert-OH is 1. The summed E-state index contributed by atoms with van der Waals surface area (Å²) in [5, 5.41) is 13.9. The molecule has 1 aromatic rings. The van der Waals surface area contributed by atoms with Crippen LogP contribution in [0.2, 0.25) is 0 Å². The van der Waals surface area contributed by atoms with Crippen molar-refractivity contribution in [1.29, 1.82) is 0 Å². The number of hydrogen-bond donors (Lipinski definition) is 2.